The van der Waals surface area contributed by atoms with Crippen LogP contribution >= 0.6 is 0 Å². The molecule has 0 spiro atoms. The molecule has 0 saturated heterocycles. The molecule has 0 aromatic heterocycles. The Morgan fingerprint density at radius 2 is 0.505 bits per heavy atom. The molecule has 9 nitrogen and oxygen atoms in total. The summed E-state index contributed by atoms with van der Waals surface area (Å²) in [4.78, 5) is 44.8. The number of benzene rings is 6. The zero-order chi connectivity index (χ0) is 73.8. The molecular formula is C88H124O9. The zero-order valence-electron chi connectivity index (χ0n) is 65.7. The fraction of sp³-hybridized carbons (Fsp3) is 0.557. The molecule has 0 aliphatic heterocycles. The van der Waals surface area contributed by atoms with Gasteiger partial charge in [-0.1, -0.05) is 287 Å². The Labute approximate surface area is 586 Å². The molecule has 4 atom stereocenters. The first kappa shape index (κ1) is 79.1. The second kappa shape index (κ2) is 28.4. The quantitative estimate of drug-likeness (QED) is 0.0601. The molecule has 6 aromatic rings. The standard InChI is InChI=1S/C88H124O9/c1-51(55-42-65(83(14,15)16)77(92)66(43-55)84(17,18)19)39-74(89)95-71-35-32-58(80(5,6)7)48-61(71)54(4)38-62(63-49-59(81(8,9)10)33-36-72(63)96-75(90)40-52(2)56-44-67(85(20,21)22)78(93)68(45-56)86(23,24)25)64-50-60(82(11,12)13)34-37-73(64)97-76(91)41-53(3)57-46-69(87(26,27)28)79(94)70(47-57)88(29,30)31/h32-37,42-54,62,92-94H,38-41H2,1-31H3. The third kappa shape index (κ3) is 19.5. The summed E-state index contributed by atoms with van der Waals surface area (Å²) in [7, 11) is 0. The summed E-state index contributed by atoms with van der Waals surface area (Å²) in [6.45, 7) is 65.3. The number of phenols is 3. The molecule has 0 aliphatic carbocycles. The minimum atomic E-state index is -0.605. The van der Waals surface area contributed by atoms with Crippen LogP contribution in [0, 0.1) is 0 Å². The normalized spacial score (nSPS) is 14.8. The van der Waals surface area contributed by atoms with Gasteiger partial charge in [0.2, 0.25) is 0 Å². The smallest absolute Gasteiger partial charge is 0.311 e. The average molecular weight is 1330 g/mol. The Kier molecular flexibility index (Phi) is 23.2. The van der Waals surface area contributed by atoms with Gasteiger partial charge in [0.1, 0.15) is 34.5 Å². The number of phenolic OH excluding ortho intramolecular Hbond substituents is 3. The molecule has 0 radical (unpaired) electrons. The van der Waals surface area contributed by atoms with Crippen molar-refractivity contribution in [1.29, 1.82) is 0 Å². The van der Waals surface area contributed by atoms with E-state index in [2.05, 4.69) is 212 Å². The summed E-state index contributed by atoms with van der Waals surface area (Å²) >= 11 is 0. The second-order valence-corrected chi connectivity index (χ2v) is 37.8. The molecule has 4 unspecified atom stereocenters. The second-order valence-electron chi connectivity index (χ2n) is 37.8. The molecule has 0 bridgehead atoms. The van der Waals surface area contributed by atoms with Crippen LogP contribution in [0.3, 0.4) is 0 Å². The highest BCUT2D eigenvalue weighted by Crippen LogP contribution is 2.50. The largest absolute Gasteiger partial charge is 0.507 e. The van der Waals surface area contributed by atoms with Gasteiger partial charge in [-0.05, 0) is 169 Å². The molecule has 0 heterocycles. The number of carbonyl (C=O) groups is 3. The lowest BCUT2D eigenvalue weighted by Crippen LogP contribution is -2.21. The first-order chi connectivity index (χ1) is 43.9. The fourth-order valence-corrected chi connectivity index (χ4v) is 13.0. The van der Waals surface area contributed by atoms with Crippen molar-refractivity contribution >= 4 is 17.9 Å². The summed E-state index contributed by atoms with van der Waals surface area (Å²) in [5.41, 5.74) is 9.92. The molecule has 0 aliphatic rings. The number of rotatable bonds is 17. The number of ether oxygens (including phenoxy) is 3. The van der Waals surface area contributed by atoms with Crippen LogP contribution in [0.25, 0.3) is 0 Å². The highest BCUT2D eigenvalue weighted by Gasteiger charge is 2.36. The zero-order valence-corrected chi connectivity index (χ0v) is 65.7. The first-order valence-corrected chi connectivity index (χ1v) is 35.6. The van der Waals surface area contributed by atoms with Crippen LogP contribution in [-0.2, 0) is 63.1 Å². The van der Waals surface area contributed by atoms with Gasteiger partial charge in [-0.2, -0.15) is 0 Å². The van der Waals surface area contributed by atoms with E-state index in [9.17, 15) is 20.1 Å². The molecule has 6 aromatic carbocycles. The van der Waals surface area contributed by atoms with Gasteiger partial charge in [0.25, 0.3) is 0 Å². The lowest BCUT2D eigenvalue weighted by atomic mass is 9.76. The highest BCUT2D eigenvalue weighted by molar-refractivity contribution is 5.77. The van der Waals surface area contributed by atoms with Gasteiger partial charge in [-0.25, -0.2) is 0 Å². The van der Waals surface area contributed by atoms with E-state index < -0.39 is 17.9 Å². The predicted octanol–water partition coefficient (Wildman–Crippen LogP) is 23.1. The monoisotopic (exact) mass is 1320 g/mol. The van der Waals surface area contributed by atoms with E-state index in [1.165, 1.54) is 0 Å². The van der Waals surface area contributed by atoms with Crippen LogP contribution in [0.1, 0.15) is 353 Å². The van der Waals surface area contributed by atoms with E-state index >= 15 is 9.59 Å². The summed E-state index contributed by atoms with van der Waals surface area (Å²) in [5, 5.41) is 35.0. The van der Waals surface area contributed by atoms with Gasteiger partial charge < -0.3 is 29.5 Å². The van der Waals surface area contributed by atoms with Crippen molar-refractivity contribution in [3.05, 3.63) is 174 Å². The van der Waals surface area contributed by atoms with E-state index in [0.29, 0.717) is 23.7 Å². The number of esters is 3. The number of hydrogen-bond donors (Lipinski definition) is 3. The van der Waals surface area contributed by atoms with E-state index in [1.54, 1.807) is 0 Å². The third-order valence-corrected chi connectivity index (χ3v) is 19.5. The van der Waals surface area contributed by atoms with Gasteiger partial charge in [0.15, 0.2) is 0 Å². The molecule has 0 saturated carbocycles. The third-order valence-electron chi connectivity index (χ3n) is 19.5. The SMILES string of the molecule is CC(CC(=O)Oc1ccc(C(C)(C)C)cc1C(C)CC(c1cc(C(C)(C)C)ccc1OC(=O)CC(C)c1cc(C(C)(C)C)c(O)c(C(C)(C)C)c1)c1cc(C(C)(C)C)ccc1OC(=O)CC(C)c1cc(C(C)(C)C)c(O)c(C(C)(C)C)c1)c1cc(C(C)(C)C)c(O)c(C(C)(C)C)c1. The van der Waals surface area contributed by atoms with Crippen LogP contribution in [0.15, 0.2) is 91.0 Å². The Morgan fingerprint density at radius 3 is 0.711 bits per heavy atom. The fourth-order valence-electron chi connectivity index (χ4n) is 13.0. The molecule has 97 heavy (non-hydrogen) atoms. The van der Waals surface area contributed by atoms with Gasteiger partial charge in [0.05, 0.1) is 19.3 Å². The van der Waals surface area contributed by atoms with Crippen molar-refractivity contribution < 1.29 is 43.9 Å². The van der Waals surface area contributed by atoms with Crippen molar-refractivity contribution in [1.82, 2.24) is 0 Å². The molecule has 0 amide bonds. The number of hydrogen-bond acceptors (Lipinski definition) is 9. The first-order valence-electron chi connectivity index (χ1n) is 35.6. The van der Waals surface area contributed by atoms with Crippen molar-refractivity contribution in [2.45, 2.75) is 319 Å². The van der Waals surface area contributed by atoms with E-state index in [0.717, 1.165) is 83.5 Å². The topological polar surface area (TPSA) is 140 Å². The minimum absolute atomic E-state index is 0.0464. The average Bonchev–Trinajstić information content (AvgIpc) is 0.789. The summed E-state index contributed by atoms with van der Waals surface area (Å²) in [6.07, 6.45) is 0.558. The maximum Gasteiger partial charge on any atom is 0.311 e. The maximum atomic E-state index is 15.0. The van der Waals surface area contributed by atoms with Gasteiger partial charge in [-0.3, -0.25) is 14.4 Å². The van der Waals surface area contributed by atoms with Crippen molar-refractivity contribution in [2.75, 3.05) is 0 Å². The van der Waals surface area contributed by atoms with Gasteiger partial charge >= 0.3 is 17.9 Å². The van der Waals surface area contributed by atoms with Crippen LogP contribution in [0.5, 0.6) is 34.5 Å². The maximum absolute atomic E-state index is 15.0. The minimum Gasteiger partial charge on any atom is -0.507 e. The van der Waals surface area contributed by atoms with Crippen LogP contribution in [-0.4, -0.2) is 33.2 Å². The van der Waals surface area contributed by atoms with Crippen LogP contribution in [0.4, 0.5) is 0 Å². The number of carbonyl (C=O) groups excluding carboxylic acids is 3. The van der Waals surface area contributed by atoms with E-state index in [-0.39, 0.29) is 115 Å². The van der Waals surface area contributed by atoms with Gasteiger partial charge in [-0.15, -0.1) is 0 Å². The van der Waals surface area contributed by atoms with Gasteiger partial charge in [0, 0.05) is 17.0 Å². The Hall–Kier alpha value is -6.87. The lowest BCUT2D eigenvalue weighted by molar-refractivity contribution is -0.135. The molecular weight excluding hydrogens is 1200 g/mol. The lowest BCUT2D eigenvalue weighted by Gasteiger charge is -2.31. The Bertz CT molecular complexity index is 3570. The molecule has 6 rings (SSSR count). The van der Waals surface area contributed by atoms with Crippen LogP contribution < -0.4 is 14.2 Å². The van der Waals surface area contributed by atoms with Crippen molar-refractivity contribution in [3.63, 3.8) is 0 Å². The molecule has 9 heteroatoms. The predicted molar refractivity (Wildman–Crippen MR) is 403 cm³/mol. The molecule has 3 N–H and O–H groups in total. The summed E-state index contributed by atoms with van der Waals surface area (Å²) in [5.74, 6) is -0.969. The van der Waals surface area contributed by atoms with E-state index in [1.807, 2.05) is 93.6 Å². The molecule has 0 fully saturated rings. The number of aromatic hydroxyl groups is 3. The molecule has 530 valence electrons. The van der Waals surface area contributed by atoms with E-state index in [4.69, 9.17) is 14.2 Å². The highest BCUT2D eigenvalue weighted by atomic mass is 16.5. The van der Waals surface area contributed by atoms with Crippen molar-refractivity contribution in [3.8, 4) is 34.5 Å². The van der Waals surface area contributed by atoms with Crippen LogP contribution in [0.2, 0.25) is 0 Å². The summed E-state index contributed by atoms with van der Waals surface area (Å²) < 4.78 is 20.2. The van der Waals surface area contributed by atoms with Crippen molar-refractivity contribution in [2.24, 2.45) is 0 Å². The Balaban J connectivity index is 1.57. The summed E-state index contributed by atoms with van der Waals surface area (Å²) in [6, 6.07) is 30.6. The Morgan fingerprint density at radius 1 is 0.299 bits per heavy atom.